The third-order valence-corrected chi connectivity index (χ3v) is 8.31. The highest BCUT2D eigenvalue weighted by atomic mass is 79.9. The Morgan fingerprint density at radius 1 is 1.07 bits per heavy atom. The molecule has 1 aliphatic carbocycles. The van der Waals surface area contributed by atoms with Gasteiger partial charge in [-0.1, -0.05) is 22.0 Å². The Morgan fingerprint density at radius 3 is 2.20 bits per heavy atom. The van der Waals surface area contributed by atoms with Crippen molar-refractivity contribution in [1.82, 2.24) is 9.29 Å². The van der Waals surface area contributed by atoms with Gasteiger partial charge in [0.15, 0.2) is 0 Å². The first kappa shape index (κ1) is 21.6. The van der Waals surface area contributed by atoms with Crippen molar-refractivity contribution < 1.29 is 21.6 Å². The molecule has 2 aromatic rings. The van der Waals surface area contributed by atoms with Gasteiger partial charge >= 0.3 is 6.18 Å². The van der Waals surface area contributed by atoms with E-state index in [-0.39, 0.29) is 29.3 Å². The van der Waals surface area contributed by atoms with E-state index in [1.54, 1.807) is 30.3 Å². The van der Waals surface area contributed by atoms with Crippen LogP contribution in [-0.2, 0) is 15.4 Å². The second-order valence-electron chi connectivity index (χ2n) is 7.79. The summed E-state index contributed by atoms with van der Waals surface area (Å²) in [5.41, 5.74) is -1.53. The minimum absolute atomic E-state index is 0.0113. The molecule has 1 saturated heterocycles. The lowest BCUT2D eigenvalue weighted by atomic mass is 9.97. The van der Waals surface area contributed by atoms with Crippen LogP contribution in [0.25, 0.3) is 0 Å². The van der Waals surface area contributed by atoms with Crippen LogP contribution < -0.4 is 5.32 Å². The maximum Gasteiger partial charge on any atom is 0.398 e. The van der Waals surface area contributed by atoms with Crippen LogP contribution in [0, 0.1) is 0 Å². The number of halogens is 4. The fourth-order valence-corrected chi connectivity index (χ4v) is 5.56. The minimum Gasteiger partial charge on any atom is -0.367 e. The van der Waals surface area contributed by atoms with Gasteiger partial charge in [-0.2, -0.15) is 17.5 Å². The van der Waals surface area contributed by atoms with E-state index in [2.05, 4.69) is 26.2 Å². The SMILES string of the molecule is O=S(=O)(c1ccc(Br)cc1)N1CCC(Nc2ccc(C3(C(F)(F)F)CC3)cn2)CC1. The molecular formula is C20H21BrF3N3O2S. The summed E-state index contributed by atoms with van der Waals surface area (Å²) in [5, 5.41) is 3.22. The van der Waals surface area contributed by atoms with Gasteiger partial charge in [-0.25, -0.2) is 13.4 Å². The van der Waals surface area contributed by atoms with Crippen LogP contribution in [-0.4, -0.2) is 43.0 Å². The monoisotopic (exact) mass is 503 g/mol. The number of anilines is 1. The number of hydrogen-bond donors (Lipinski definition) is 1. The molecule has 4 rings (SSSR count). The molecule has 1 aliphatic heterocycles. The third kappa shape index (κ3) is 4.09. The van der Waals surface area contributed by atoms with Gasteiger partial charge < -0.3 is 5.32 Å². The summed E-state index contributed by atoms with van der Waals surface area (Å²) in [6, 6.07) is 9.61. The Morgan fingerprint density at radius 2 is 1.70 bits per heavy atom. The standard InChI is InChI=1S/C20H21BrF3N3O2S/c21-15-2-4-17(5-3-15)30(28,29)27-11-7-16(8-12-27)26-18-6-1-14(13-25-18)19(9-10-19)20(22,23)24/h1-6,13,16H,7-12H2,(H,25,26). The van der Waals surface area contributed by atoms with E-state index >= 15 is 0 Å². The molecule has 10 heteroatoms. The van der Waals surface area contributed by atoms with E-state index in [0.717, 1.165) is 4.47 Å². The highest BCUT2D eigenvalue weighted by Gasteiger charge is 2.64. The van der Waals surface area contributed by atoms with E-state index < -0.39 is 21.6 Å². The molecule has 5 nitrogen and oxygen atoms in total. The zero-order valence-corrected chi connectivity index (χ0v) is 18.4. The van der Waals surface area contributed by atoms with Crippen LogP contribution in [0.3, 0.4) is 0 Å². The molecule has 0 amide bonds. The first-order valence-electron chi connectivity index (χ1n) is 9.67. The summed E-state index contributed by atoms with van der Waals surface area (Å²) < 4.78 is 67.5. The van der Waals surface area contributed by atoms with Crippen molar-refractivity contribution in [2.24, 2.45) is 0 Å². The van der Waals surface area contributed by atoms with Crippen LogP contribution in [0.5, 0.6) is 0 Å². The molecule has 2 aliphatic rings. The molecule has 1 aromatic heterocycles. The summed E-state index contributed by atoms with van der Waals surface area (Å²) >= 11 is 3.30. The number of rotatable bonds is 5. The molecule has 30 heavy (non-hydrogen) atoms. The zero-order chi connectivity index (χ0) is 21.6. The molecule has 2 heterocycles. The Hall–Kier alpha value is -1.65. The quantitative estimate of drug-likeness (QED) is 0.642. The van der Waals surface area contributed by atoms with Crippen molar-refractivity contribution >= 4 is 31.8 Å². The summed E-state index contributed by atoms with van der Waals surface area (Å²) in [5.74, 6) is 0.506. The molecule has 0 radical (unpaired) electrons. The topological polar surface area (TPSA) is 62.3 Å². The average molecular weight is 504 g/mol. The Bertz CT molecular complexity index is 999. The molecule has 2 fully saturated rings. The number of hydrogen-bond acceptors (Lipinski definition) is 4. The van der Waals surface area contributed by atoms with Crippen LogP contribution in [0.15, 0.2) is 52.0 Å². The van der Waals surface area contributed by atoms with Crippen LogP contribution in [0.4, 0.5) is 19.0 Å². The van der Waals surface area contributed by atoms with Gasteiger partial charge in [-0.15, -0.1) is 0 Å². The van der Waals surface area contributed by atoms with Crippen LogP contribution in [0.2, 0.25) is 0 Å². The average Bonchev–Trinajstić information content (AvgIpc) is 3.51. The number of benzene rings is 1. The number of aromatic nitrogens is 1. The minimum atomic E-state index is -4.25. The second kappa shape index (κ2) is 7.80. The number of piperidine rings is 1. The largest absolute Gasteiger partial charge is 0.398 e. The number of pyridine rings is 1. The Kier molecular flexibility index (Phi) is 5.61. The fourth-order valence-electron chi connectivity index (χ4n) is 3.83. The van der Waals surface area contributed by atoms with Gasteiger partial charge in [-0.05, 0) is 61.6 Å². The molecule has 0 atom stereocenters. The third-order valence-electron chi connectivity index (χ3n) is 5.87. The molecular weight excluding hydrogens is 483 g/mol. The predicted octanol–water partition coefficient (Wildman–Crippen LogP) is 4.70. The molecule has 0 unspecified atom stereocenters. The molecule has 0 bridgehead atoms. The maximum atomic E-state index is 13.2. The van der Waals surface area contributed by atoms with Crippen molar-refractivity contribution in [3.63, 3.8) is 0 Å². The summed E-state index contributed by atoms with van der Waals surface area (Å²) in [4.78, 5) is 4.43. The first-order chi connectivity index (χ1) is 14.1. The highest BCUT2D eigenvalue weighted by molar-refractivity contribution is 9.10. The van der Waals surface area contributed by atoms with Gasteiger partial charge in [0.25, 0.3) is 0 Å². The maximum absolute atomic E-state index is 13.2. The van der Waals surface area contributed by atoms with Crippen molar-refractivity contribution in [3.05, 3.63) is 52.6 Å². The normalized spacial score (nSPS) is 20.1. The lowest BCUT2D eigenvalue weighted by molar-refractivity contribution is -0.160. The van der Waals surface area contributed by atoms with Crippen molar-refractivity contribution in [3.8, 4) is 0 Å². The van der Waals surface area contributed by atoms with E-state index in [0.29, 0.717) is 31.7 Å². The molecule has 162 valence electrons. The number of alkyl halides is 3. The molecule has 0 spiro atoms. The molecule has 1 N–H and O–H groups in total. The van der Waals surface area contributed by atoms with Crippen molar-refractivity contribution in [1.29, 1.82) is 0 Å². The molecule has 1 saturated carbocycles. The number of sulfonamides is 1. The smallest absolute Gasteiger partial charge is 0.367 e. The Balaban J connectivity index is 1.36. The lowest BCUT2D eigenvalue weighted by Crippen LogP contribution is -2.42. The summed E-state index contributed by atoms with van der Waals surface area (Å²) in [7, 11) is -3.54. The number of nitrogens with zero attached hydrogens (tertiary/aromatic N) is 2. The van der Waals surface area contributed by atoms with Gasteiger partial charge in [0.1, 0.15) is 5.82 Å². The fraction of sp³-hybridized carbons (Fsp3) is 0.450. The number of nitrogens with one attached hydrogen (secondary N) is 1. The van der Waals surface area contributed by atoms with E-state index in [9.17, 15) is 21.6 Å². The summed E-state index contributed by atoms with van der Waals surface area (Å²) in [6.45, 7) is 0.733. The van der Waals surface area contributed by atoms with Gasteiger partial charge in [0.2, 0.25) is 10.0 Å². The van der Waals surface area contributed by atoms with Crippen LogP contribution in [0.1, 0.15) is 31.2 Å². The van der Waals surface area contributed by atoms with E-state index in [4.69, 9.17) is 0 Å². The van der Waals surface area contributed by atoms with Gasteiger partial charge in [0.05, 0.1) is 10.3 Å². The zero-order valence-electron chi connectivity index (χ0n) is 16.0. The lowest BCUT2D eigenvalue weighted by Gasteiger charge is -2.32. The van der Waals surface area contributed by atoms with Crippen molar-refractivity contribution in [2.75, 3.05) is 18.4 Å². The Labute approximate surface area is 181 Å². The van der Waals surface area contributed by atoms with Gasteiger partial charge in [0, 0.05) is 29.8 Å². The summed E-state index contributed by atoms with van der Waals surface area (Å²) in [6.07, 6.45) is -1.56. The van der Waals surface area contributed by atoms with Gasteiger partial charge in [-0.3, -0.25) is 0 Å². The van der Waals surface area contributed by atoms with E-state index in [1.165, 1.54) is 16.6 Å². The van der Waals surface area contributed by atoms with E-state index in [1.807, 2.05) is 0 Å². The molecule has 1 aromatic carbocycles. The first-order valence-corrected chi connectivity index (χ1v) is 11.9. The second-order valence-corrected chi connectivity index (χ2v) is 10.6. The van der Waals surface area contributed by atoms with Crippen LogP contribution >= 0.6 is 15.9 Å². The highest BCUT2D eigenvalue weighted by Crippen LogP contribution is 2.58. The predicted molar refractivity (Wildman–Crippen MR) is 111 cm³/mol. The van der Waals surface area contributed by atoms with Crippen molar-refractivity contribution in [2.45, 2.75) is 48.2 Å².